The average molecular weight is 425 g/mol. The van der Waals surface area contributed by atoms with Crippen molar-refractivity contribution >= 4 is 17.5 Å². The van der Waals surface area contributed by atoms with E-state index in [2.05, 4.69) is 0 Å². The Morgan fingerprint density at radius 1 is 0.935 bits per heavy atom. The highest BCUT2D eigenvalue weighted by molar-refractivity contribution is 6.38. The van der Waals surface area contributed by atoms with Gasteiger partial charge in [0.05, 0.1) is 12.1 Å². The molecule has 2 N–H and O–H groups in total. The maximum atomic E-state index is 14.1. The number of aliphatic hydroxyl groups excluding tert-OH is 1. The summed E-state index contributed by atoms with van der Waals surface area (Å²) < 4.78 is 29.2. The molecule has 0 aliphatic carbocycles. The summed E-state index contributed by atoms with van der Waals surface area (Å²) in [6.07, 6.45) is 2.13. The molecule has 3 rings (SSSR count). The first-order chi connectivity index (χ1) is 14.8. The van der Waals surface area contributed by atoms with Crippen molar-refractivity contribution in [3.63, 3.8) is 0 Å². The van der Waals surface area contributed by atoms with E-state index in [4.69, 9.17) is 5.11 Å². The van der Waals surface area contributed by atoms with E-state index < -0.39 is 41.3 Å². The third-order valence-corrected chi connectivity index (χ3v) is 4.54. The highest BCUT2D eigenvalue weighted by Crippen LogP contribution is 2.17. The number of carboxylic acids is 1. The van der Waals surface area contributed by atoms with Crippen molar-refractivity contribution in [2.45, 2.75) is 13.0 Å². The fraction of sp³-hybridized carbons (Fsp3) is 0.0870. The number of aliphatic hydroxyl groups is 1. The van der Waals surface area contributed by atoms with Crippen LogP contribution in [0.4, 0.5) is 8.78 Å². The van der Waals surface area contributed by atoms with Crippen molar-refractivity contribution in [1.29, 1.82) is 0 Å². The van der Waals surface area contributed by atoms with Crippen molar-refractivity contribution in [2.24, 2.45) is 0 Å². The van der Waals surface area contributed by atoms with Gasteiger partial charge in [-0.3, -0.25) is 9.59 Å². The van der Waals surface area contributed by atoms with Crippen LogP contribution >= 0.6 is 0 Å². The number of hydrogen-bond donors (Lipinski definition) is 2. The Labute approximate surface area is 175 Å². The second-order valence-corrected chi connectivity index (χ2v) is 6.76. The lowest BCUT2D eigenvalue weighted by Crippen LogP contribution is -2.25. The Morgan fingerprint density at radius 3 is 2.19 bits per heavy atom. The Bertz CT molecular complexity index is 1210. The summed E-state index contributed by atoms with van der Waals surface area (Å²) in [5.74, 6) is -5.77. The highest BCUT2D eigenvalue weighted by Gasteiger charge is 2.17. The Balaban J connectivity index is 2.12. The van der Waals surface area contributed by atoms with Crippen LogP contribution in [0, 0.1) is 11.6 Å². The van der Waals surface area contributed by atoms with Crippen LogP contribution < -0.4 is 5.56 Å². The van der Waals surface area contributed by atoms with Gasteiger partial charge in [0.25, 0.3) is 11.3 Å². The Hall–Kier alpha value is -4.07. The largest absolute Gasteiger partial charge is 0.507 e. The summed E-state index contributed by atoms with van der Waals surface area (Å²) in [6.45, 7) is -0.465. The molecule has 8 heteroatoms. The van der Waals surface area contributed by atoms with Crippen LogP contribution in [0.3, 0.4) is 0 Å². The summed E-state index contributed by atoms with van der Waals surface area (Å²) >= 11 is 0. The number of ketones is 1. The van der Waals surface area contributed by atoms with Crippen molar-refractivity contribution in [3.8, 4) is 0 Å². The van der Waals surface area contributed by atoms with E-state index in [1.165, 1.54) is 18.3 Å². The molecule has 0 radical (unpaired) electrons. The van der Waals surface area contributed by atoms with E-state index in [1.54, 1.807) is 0 Å². The number of nitrogens with zero attached hydrogens (tertiary/aromatic N) is 1. The second kappa shape index (κ2) is 9.17. The van der Waals surface area contributed by atoms with Crippen LogP contribution in [0.1, 0.15) is 22.3 Å². The van der Waals surface area contributed by atoms with Crippen molar-refractivity contribution in [2.75, 3.05) is 0 Å². The standard InChI is InChI=1S/C23H17F2NO5/c24-18-7-4-8-19(25)17(18)13-26-12-15(9-14-5-2-1-3-6-14)10-16(22(26)29)20(27)11-21(28)23(30)31/h1-8,10-12,27H,9,13H2,(H,30,31)/b20-11-. The van der Waals surface area contributed by atoms with E-state index in [0.717, 1.165) is 22.3 Å². The maximum absolute atomic E-state index is 14.1. The molecule has 0 atom stereocenters. The molecule has 0 unspecified atom stereocenters. The number of carbonyl (C=O) groups excluding carboxylic acids is 1. The van der Waals surface area contributed by atoms with Gasteiger partial charge in [0.2, 0.25) is 0 Å². The summed E-state index contributed by atoms with van der Waals surface area (Å²) in [6, 6.07) is 13.7. The zero-order valence-corrected chi connectivity index (χ0v) is 16.1. The van der Waals surface area contributed by atoms with Gasteiger partial charge < -0.3 is 14.8 Å². The van der Waals surface area contributed by atoms with E-state index in [9.17, 15) is 28.3 Å². The van der Waals surface area contributed by atoms with Crippen LogP contribution in [0.15, 0.2) is 71.7 Å². The van der Waals surface area contributed by atoms with Gasteiger partial charge in [0.1, 0.15) is 17.4 Å². The van der Waals surface area contributed by atoms with Crippen LogP contribution in [0.2, 0.25) is 0 Å². The number of benzene rings is 2. The minimum atomic E-state index is -1.80. The fourth-order valence-corrected chi connectivity index (χ4v) is 3.04. The minimum absolute atomic E-state index is 0.314. The van der Waals surface area contributed by atoms with Gasteiger partial charge in [-0.25, -0.2) is 13.6 Å². The summed E-state index contributed by atoms with van der Waals surface area (Å²) in [5.41, 5.74) is -0.190. The van der Waals surface area contributed by atoms with Crippen LogP contribution in [0.25, 0.3) is 5.76 Å². The average Bonchev–Trinajstić information content (AvgIpc) is 2.73. The lowest BCUT2D eigenvalue weighted by atomic mass is 10.0. The van der Waals surface area contributed by atoms with Crippen molar-refractivity contribution < 1.29 is 28.6 Å². The monoisotopic (exact) mass is 425 g/mol. The first kappa shape index (κ1) is 21.6. The quantitative estimate of drug-likeness (QED) is 0.344. The van der Waals surface area contributed by atoms with Crippen molar-refractivity contribution in [3.05, 3.63) is 111 Å². The Kier molecular flexibility index (Phi) is 6.40. The first-order valence-corrected chi connectivity index (χ1v) is 9.14. The summed E-state index contributed by atoms with van der Waals surface area (Å²) in [4.78, 5) is 35.1. The van der Waals surface area contributed by atoms with Gasteiger partial charge in [0.15, 0.2) is 0 Å². The van der Waals surface area contributed by atoms with Crippen LogP contribution in [0.5, 0.6) is 0 Å². The van der Waals surface area contributed by atoms with Gasteiger partial charge in [0, 0.05) is 17.8 Å². The molecule has 2 aromatic carbocycles. The van der Waals surface area contributed by atoms with E-state index in [-0.39, 0.29) is 11.1 Å². The number of carbonyl (C=O) groups is 2. The SMILES string of the molecule is O=C(O)C(=O)/C=C(\O)c1cc(Cc2ccccc2)cn(Cc2c(F)cccc2F)c1=O. The van der Waals surface area contributed by atoms with Gasteiger partial charge in [-0.1, -0.05) is 36.4 Å². The fourth-order valence-electron chi connectivity index (χ4n) is 3.04. The zero-order valence-electron chi connectivity index (χ0n) is 16.1. The van der Waals surface area contributed by atoms with Gasteiger partial charge in [-0.2, -0.15) is 0 Å². The van der Waals surface area contributed by atoms with E-state index >= 15 is 0 Å². The predicted molar refractivity (Wildman–Crippen MR) is 109 cm³/mol. The van der Waals surface area contributed by atoms with E-state index in [1.807, 2.05) is 30.3 Å². The molecule has 158 valence electrons. The topological polar surface area (TPSA) is 96.6 Å². The third-order valence-electron chi connectivity index (χ3n) is 4.54. The molecular formula is C23H17F2NO5. The number of halogens is 2. The molecule has 0 spiro atoms. The molecule has 1 heterocycles. The molecule has 6 nitrogen and oxygen atoms in total. The molecule has 3 aromatic rings. The molecule has 1 aromatic heterocycles. The minimum Gasteiger partial charge on any atom is -0.507 e. The summed E-state index contributed by atoms with van der Waals surface area (Å²) in [5, 5.41) is 19.0. The number of pyridine rings is 1. The molecule has 0 bridgehead atoms. The molecule has 31 heavy (non-hydrogen) atoms. The molecule has 0 saturated carbocycles. The number of aliphatic carboxylic acids is 1. The zero-order chi connectivity index (χ0) is 22.5. The molecule has 0 aliphatic heterocycles. The van der Waals surface area contributed by atoms with Crippen LogP contribution in [-0.2, 0) is 22.6 Å². The van der Waals surface area contributed by atoms with Gasteiger partial charge in [-0.15, -0.1) is 0 Å². The third kappa shape index (κ3) is 5.11. The molecule has 0 fully saturated rings. The number of rotatable bonds is 7. The van der Waals surface area contributed by atoms with Gasteiger partial charge in [-0.05, 0) is 35.7 Å². The van der Waals surface area contributed by atoms with Gasteiger partial charge >= 0.3 is 5.97 Å². The number of hydrogen-bond acceptors (Lipinski definition) is 4. The smallest absolute Gasteiger partial charge is 0.376 e. The maximum Gasteiger partial charge on any atom is 0.376 e. The normalized spacial score (nSPS) is 11.4. The Morgan fingerprint density at radius 2 is 1.58 bits per heavy atom. The molecule has 0 aliphatic rings. The second-order valence-electron chi connectivity index (χ2n) is 6.76. The highest BCUT2D eigenvalue weighted by atomic mass is 19.1. The number of aromatic nitrogens is 1. The molecular weight excluding hydrogens is 408 g/mol. The van der Waals surface area contributed by atoms with Crippen molar-refractivity contribution in [1.82, 2.24) is 4.57 Å². The van der Waals surface area contributed by atoms with E-state index in [0.29, 0.717) is 18.1 Å². The van der Waals surface area contributed by atoms with Crippen LogP contribution in [-0.4, -0.2) is 26.5 Å². The molecule has 0 saturated heterocycles. The first-order valence-electron chi connectivity index (χ1n) is 9.14. The molecule has 0 amide bonds. The number of carboxylic acid groups (broad SMARTS) is 1. The predicted octanol–water partition coefficient (Wildman–Crippen LogP) is 3.32. The lowest BCUT2D eigenvalue weighted by Gasteiger charge is -2.13. The lowest BCUT2D eigenvalue weighted by molar-refractivity contribution is -0.146. The summed E-state index contributed by atoms with van der Waals surface area (Å²) in [7, 11) is 0.